The van der Waals surface area contributed by atoms with Gasteiger partial charge in [-0.25, -0.2) is 4.79 Å². The van der Waals surface area contributed by atoms with Crippen molar-refractivity contribution in [2.45, 2.75) is 42.3 Å². The predicted molar refractivity (Wildman–Crippen MR) is 196 cm³/mol. The summed E-state index contributed by atoms with van der Waals surface area (Å²) in [5.74, 6) is -2.95. The van der Waals surface area contributed by atoms with Gasteiger partial charge in [0.1, 0.15) is 18.0 Å². The molecule has 1 fully saturated rings. The van der Waals surface area contributed by atoms with Gasteiger partial charge in [-0.05, 0) is 35.7 Å². The van der Waals surface area contributed by atoms with Gasteiger partial charge in [0.2, 0.25) is 0 Å². The second kappa shape index (κ2) is 15.9. The summed E-state index contributed by atoms with van der Waals surface area (Å²) in [5.41, 5.74) is -1.79. The van der Waals surface area contributed by atoms with Crippen LogP contribution in [0, 0.1) is 6.92 Å². The number of aryl methyl sites for hydroxylation is 1. The molecule has 276 valence electrons. The molecule has 12 heteroatoms. The van der Waals surface area contributed by atoms with Crippen LogP contribution in [0.2, 0.25) is 0 Å². The van der Waals surface area contributed by atoms with Crippen LogP contribution in [-0.2, 0) is 34.8 Å². The number of methoxy groups -OCH3 is 3. The summed E-state index contributed by atoms with van der Waals surface area (Å²) in [6.45, 7) is 1.76. The number of carbonyl (C=O) groups is 1. The van der Waals surface area contributed by atoms with Gasteiger partial charge in [-0.2, -0.15) is 4.98 Å². The minimum Gasteiger partial charge on any atom is -0.387 e. The fraction of sp³-hybridized carbons (Fsp3) is 0.293. The average molecular weight is 722 g/mol. The van der Waals surface area contributed by atoms with Crippen molar-refractivity contribution in [3.8, 4) is 0 Å². The Balaban J connectivity index is 1.75. The maximum absolute atomic E-state index is 14.9. The van der Waals surface area contributed by atoms with Gasteiger partial charge in [-0.3, -0.25) is 9.36 Å². The Morgan fingerprint density at radius 1 is 0.830 bits per heavy atom. The quantitative estimate of drug-likeness (QED) is 0.0865. The summed E-state index contributed by atoms with van der Waals surface area (Å²) < 4.78 is 31.2. The number of ether oxygens (including phenoxy) is 5. The van der Waals surface area contributed by atoms with E-state index >= 15 is 0 Å². The van der Waals surface area contributed by atoms with Crippen LogP contribution in [0.4, 0.5) is 5.82 Å². The fourth-order valence-corrected chi connectivity index (χ4v) is 7.34. The van der Waals surface area contributed by atoms with Crippen LogP contribution < -0.4 is 11.0 Å². The molecule has 1 aliphatic rings. The third-order valence-corrected chi connectivity index (χ3v) is 9.74. The number of nitrogens with zero attached hydrogens (tertiary/aromatic N) is 2. The van der Waals surface area contributed by atoms with Gasteiger partial charge in [0.15, 0.2) is 11.8 Å². The van der Waals surface area contributed by atoms with Gasteiger partial charge in [-0.1, -0.05) is 109 Å². The SMILES string of the molecule is COCCO[C@@H]1[C@H](O)[C@@H](C(O)(OC)OC)O[C@]1(n1cc(C)c(NC(=O)c2ccccc2)nc1=O)C(c1ccccc1)(c1ccccc1)c1ccccc1. The van der Waals surface area contributed by atoms with Crippen LogP contribution in [-0.4, -0.2) is 84.5 Å². The number of carbonyl (C=O) groups excluding carboxylic acids is 1. The zero-order valence-electron chi connectivity index (χ0n) is 29.9. The third kappa shape index (κ3) is 6.59. The van der Waals surface area contributed by atoms with Gasteiger partial charge < -0.3 is 39.2 Å². The Hall–Kier alpha value is -5.05. The Bertz CT molecular complexity index is 1930. The topological polar surface area (TPSA) is 151 Å². The highest BCUT2D eigenvalue weighted by Crippen LogP contribution is 2.58. The molecule has 2 heterocycles. The number of hydrogen-bond donors (Lipinski definition) is 3. The van der Waals surface area contributed by atoms with E-state index < -0.39 is 47.0 Å². The van der Waals surface area contributed by atoms with E-state index in [0.29, 0.717) is 27.8 Å². The molecule has 1 amide bonds. The zero-order valence-corrected chi connectivity index (χ0v) is 29.9. The molecule has 1 aromatic heterocycles. The number of aliphatic hydroxyl groups is 2. The lowest BCUT2D eigenvalue weighted by Crippen LogP contribution is -2.65. The monoisotopic (exact) mass is 721 g/mol. The van der Waals surface area contributed by atoms with Crippen molar-refractivity contribution in [3.63, 3.8) is 0 Å². The van der Waals surface area contributed by atoms with Crippen molar-refractivity contribution in [1.29, 1.82) is 0 Å². The number of benzene rings is 4. The molecule has 4 aromatic carbocycles. The molecule has 6 rings (SSSR count). The standard InChI is InChI=1S/C41H43N3O9/c1-28-27-44(38(47)43-36(28)42-37(46)29-17-9-5-10-18-29)40(34(52-26-25-49-2)33(45)35(53-40)41(48,50-3)51-4)39(30-19-11-6-12-20-30,31-21-13-7-14-22-31)32-23-15-8-16-24-32/h5-24,27,33-35,45,48H,25-26H2,1-4H3,(H,42,43,46,47)/t33-,34+,35-,40-/m0/s1. The van der Waals surface area contributed by atoms with Crippen LogP contribution in [0.3, 0.4) is 0 Å². The molecule has 5 aromatic rings. The van der Waals surface area contributed by atoms with E-state index in [1.165, 1.54) is 32.1 Å². The van der Waals surface area contributed by atoms with Gasteiger partial charge >= 0.3 is 11.7 Å². The number of aromatic nitrogens is 2. The first kappa shape index (κ1) is 37.7. The van der Waals surface area contributed by atoms with E-state index in [9.17, 15) is 19.8 Å². The van der Waals surface area contributed by atoms with Crippen molar-refractivity contribution in [1.82, 2.24) is 9.55 Å². The second-order valence-electron chi connectivity index (χ2n) is 12.6. The second-order valence-corrected chi connectivity index (χ2v) is 12.6. The Kier molecular flexibility index (Phi) is 11.3. The normalized spacial score (nSPS) is 20.3. The lowest BCUT2D eigenvalue weighted by Gasteiger charge is -2.52. The molecule has 0 saturated carbocycles. The smallest absolute Gasteiger partial charge is 0.352 e. The Labute approximate surface area is 307 Å². The number of amides is 1. The Morgan fingerprint density at radius 2 is 1.32 bits per heavy atom. The number of nitrogens with one attached hydrogen (secondary N) is 1. The van der Waals surface area contributed by atoms with Crippen molar-refractivity contribution in [2.75, 3.05) is 39.9 Å². The van der Waals surface area contributed by atoms with Crippen molar-refractivity contribution >= 4 is 11.7 Å². The number of anilines is 1. The van der Waals surface area contributed by atoms with E-state index in [4.69, 9.17) is 23.7 Å². The molecular formula is C41H43N3O9. The van der Waals surface area contributed by atoms with E-state index in [1.54, 1.807) is 37.3 Å². The first-order chi connectivity index (χ1) is 25.7. The van der Waals surface area contributed by atoms with Crippen molar-refractivity contribution < 1.29 is 38.7 Å². The number of hydrogen-bond acceptors (Lipinski definition) is 10. The summed E-state index contributed by atoms with van der Waals surface area (Å²) in [5, 5.41) is 26.9. The maximum Gasteiger partial charge on any atom is 0.352 e. The largest absolute Gasteiger partial charge is 0.387 e. The first-order valence-electron chi connectivity index (χ1n) is 17.1. The molecule has 0 aliphatic carbocycles. The summed E-state index contributed by atoms with van der Waals surface area (Å²) in [7, 11) is 3.93. The highest BCUT2D eigenvalue weighted by molar-refractivity contribution is 6.04. The molecule has 1 saturated heterocycles. The number of rotatable bonds is 14. The molecule has 0 unspecified atom stereocenters. The van der Waals surface area contributed by atoms with Crippen LogP contribution in [0.15, 0.2) is 132 Å². The first-order valence-corrected chi connectivity index (χ1v) is 17.1. The van der Waals surface area contributed by atoms with Crippen molar-refractivity contribution in [3.05, 3.63) is 166 Å². The Morgan fingerprint density at radius 3 is 1.79 bits per heavy atom. The summed E-state index contributed by atoms with van der Waals surface area (Å²) in [6.07, 6.45) is -3.27. The lowest BCUT2D eigenvalue weighted by atomic mass is 9.60. The molecular weight excluding hydrogens is 678 g/mol. The molecule has 53 heavy (non-hydrogen) atoms. The molecule has 1 aliphatic heterocycles. The molecule has 0 radical (unpaired) electrons. The van der Waals surface area contributed by atoms with E-state index in [0.717, 1.165) is 0 Å². The molecule has 4 atom stereocenters. The molecule has 0 spiro atoms. The maximum atomic E-state index is 14.9. The van der Waals surface area contributed by atoms with Crippen LogP contribution >= 0.6 is 0 Å². The van der Waals surface area contributed by atoms with E-state index in [2.05, 4.69) is 10.3 Å². The van der Waals surface area contributed by atoms with Gasteiger partial charge in [0.05, 0.1) is 18.6 Å². The number of aliphatic hydroxyl groups excluding tert-OH is 1. The molecule has 3 N–H and O–H groups in total. The molecule has 12 nitrogen and oxygen atoms in total. The van der Waals surface area contributed by atoms with Gasteiger partial charge in [0, 0.05) is 38.7 Å². The van der Waals surface area contributed by atoms with Gasteiger partial charge in [-0.15, -0.1) is 0 Å². The molecule has 0 bridgehead atoms. The summed E-state index contributed by atoms with van der Waals surface area (Å²) >= 11 is 0. The summed E-state index contributed by atoms with van der Waals surface area (Å²) in [6, 6.07) is 36.7. The van der Waals surface area contributed by atoms with Crippen LogP contribution in [0.5, 0.6) is 0 Å². The summed E-state index contributed by atoms with van der Waals surface area (Å²) in [4.78, 5) is 32.5. The minimum atomic E-state index is -2.52. The third-order valence-electron chi connectivity index (χ3n) is 9.74. The van der Waals surface area contributed by atoms with E-state index in [-0.39, 0.29) is 19.0 Å². The van der Waals surface area contributed by atoms with Crippen LogP contribution in [0.25, 0.3) is 0 Å². The predicted octanol–water partition coefficient (Wildman–Crippen LogP) is 4.22. The van der Waals surface area contributed by atoms with Gasteiger partial charge in [0.25, 0.3) is 5.91 Å². The lowest BCUT2D eigenvalue weighted by molar-refractivity contribution is -0.396. The van der Waals surface area contributed by atoms with Crippen molar-refractivity contribution in [2.24, 2.45) is 0 Å². The van der Waals surface area contributed by atoms with E-state index in [1.807, 2.05) is 91.0 Å². The van der Waals surface area contributed by atoms with Crippen LogP contribution in [0.1, 0.15) is 32.6 Å². The fourth-order valence-electron chi connectivity index (χ4n) is 7.34. The average Bonchev–Trinajstić information content (AvgIpc) is 3.50. The zero-order chi connectivity index (χ0) is 37.6. The highest BCUT2D eigenvalue weighted by Gasteiger charge is 2.72. The minimum absolute atomic E-state index is 0.0252. The highest BCUT2D eigenvalue weighted by atomic mass is 16.8.